The summed E-state index contributed by atoms with van der Waals surface area (Å²) < 4.78 is 0. The average molecular weight is 220 g/mol. The molecule has 1 aromatic rings. The van der Waals surface area contributed by atoms with Crippen LogP contribution in [0.5, 0.6) is 0 Å². The van der Waals surface area contributed by atoms with Crippen molar-refractivity contribution in [2.24, 2.45) is 0 Å². The zero-order valence-corrected chi connectivity index (χ0v) is 11.9. The fourth-order valence-corrected chi connectivity index (χ4v) is 1.24. The highest BCUT2D eigenvalue weighted by atomic mass is 14.0. The van der Waals surface area contributed by atoms with E-state index in [-0.39, 0.29) is 0 Å². The van der Waals surface area contributed by atoms with Gasteiger partial charge < -0.3 is 0 Å². The molecule has 0 nitrogen and oxygen atoms in total. The van der Waals surface area contributed by atoms with E-state index in [1.54, 1.807) is 0 Å². The molecule has 0 heteroatoms. The van der Waals surface area contributed by atoms with Crippen molar-refractivity contribution in [2.45, 2.75) is 54.4 Å². The third-order valence-electron chi connectivity index (χ3n) is 2.01. The Kier molecular flexibility index (Phi) is 13.1. The third kappa shape index (κ3) is 7.28. The van der Waals surface area contributed by atoms with E-state index in [1.807, 2.05) is 27.7 Å². The molecule has 0 N–H and O–H groups in total. The third-order valence-corrected chi connectivity index (χ3v) is 2.01. The van der Waals surface area contributed by atoms with Crippen LogP contribution in [0.25, 0.3) is 5.57 Å². The zero-order valence-electron chi connectivity index (χ0n) is 11.9. The molecule has 0 heterocycles. The van der Waals surface area contributed by atoms with Crippen LogP contribution in [0.4, 0.5) is 0 Å². The normalized spacial score (nSPS) is 8.12. The predicted molar refractivity (Wildman–Crippen MR) is 77.8 cm³/mol. The van der Waals surface area contributed by atoms with E-state index in [2.05, 4.69) is 44.7 Å². The van der Waals surface area contributed by atoms with E-state index in [0.29, 0.717) is 0 Å². The number of benzene rings is 1. The minimum atomic E-state index is 1.10. The summed E-state index contributed by atoms with van der Waals surface area (Å²) in [6.07, 6.45) is 2.27. The van der Waals surface area contributed by atoms with Crippen molar-refractivity contribution in [3.8, 4) is 0 Å². The van der Waals surface area contributed by atoms with Crippen LogP contribution in [-0.2, 0) is 0 Å². The van der Waals surface area contributed by atoms with Gasteiger partial charge in [-0.05, 0) is 24.5 Å². The van der Waals surface area contributed by atoms with Gasteiger partial charge >= 0.3 is 0 Å². The lowest BCUT2D eigenvalue weighted by Gasteiger charge is -2.03. The predicted octanol–water partition coefficient (Wildman–Crippen LogP) is 5.86. The molecule has 1 rings (SSSR count). The summed E-state index contributed by atoms with van der Waals surface area (Å²) in [5, 5.41) is 0. The molecule has 0 fully saturated rings. The maximum absolute atomic E-state index is 4.04. The van der Waals surface area contributed by atoms with Gasteiger partial charge in [0, 0.05) is 0 Å². The summed E-state index contributed by atoms with van der Waals surface area (Å²) in [5.41, 5.74) is 3.84. The lowest BCUT2D eigenvalue weighted by molar-refractivity contribution is 0.975. The molecule has 0 unspecified atom stereocenters. The van der Waals surface area contributed by atoms with E-state index in [4.69, 9.17) is 0 Å². The zero-order chi connectivity index (χ0) is 13.0. The van der Waals surface area contributed by atoms with Gasteiger partial charge in [0.05, 0.1) is 0 Å². The maximum Gasteiger partial charge on any atom is -0.0230 e. The first kappa shape index (κ1) is 17.4. The monoisotopic (exact) mass is 220 g/mol. The van der Waals surface area contributed by atoms with Crippen LogP contribution in [-0.4, -0.2) is 0 Å². The molecule has 0 aliphatic carbocycles. The van der Waals surface area contributed by atoms with Gasteiger partial charge in [0.25, 0.3) is 0 Å². The Morgan fingerprint density at radius 3 is 1.81 bits per heavy atom. The second-order valence-electron chi connectivity index (χ2n) is 3.22. The van der Waals surface area contributed by atoms with Crippen molar-refractivity contribution in [1.82, 2.24) is 0 Å². The SMILES string of the molecule is C=C(CCC)c1ccc(C)cc1.CC.CC. The van der Waals surface area contributed by atoms with Gasteiger partial charge in [-0.3, -0.25) is 0 Å². The fourth-order valence-electron chi connectivity index (χ4n) is 1.24. The first-order valence-corrected chi connectivity index (χ1v) is 6.49. The fraction of sp³-hybridized carbons (Fsp3) is 0.500. The summed E-state index contributed by atoms with van der Waals surface area (Å²) in [7, 11) is 0. The van der Waals surface area contributed by atoms with Crippen molar-refractivity contribution >= 4 is 5.57 Å². The molecule has 1 aromatic carbocycles. The van der Waals surface area contributed by atoms with E-state index in [9.17, 15) is 0 Å². The smallest absolute Gasteiger partial charge is 0.0230 e. The summed E-state index contributed by atoms with van der Waals surface area (Å²) in [4.78, 5) is 0. The lowest BCUT2D eigenvalue weighted by Crippen LogP contribution is -1.82. The van der Waals surface area contributed by atoms with Gasteiger partial charge in [-0.15, -0.1) is 0 Å². The molecule has 0 spiro atoms. The summed E-state index contributed by atoms with van der Waals surface area (Å²) >= 11 is 0. The summed E-state index contributed by atoms with van der Waals surface area (Å²) in [5.74, 6) is 0. The van der Waals surface area contributed by atoms with Crippen LogP contribution in [0, 0.1) is 6.92 Å². The molecule has 0 atom stereocenters. The molecule has 0 radical (unpaired) electrons. The van der Waals surface area contributed by atoms with E-state index < -0.39 is 0 Å². The van der Waals surface area contributed by atoms with Crippen LogP contribution in [0.1, 0.15) is 58.6 Å². The Balaban J connectivity index is 0. The van der Waals surface area contributed by atoms with Crippen LogP contribution in [0.3, 0.4) is 0 Å². The van der Waals surface area contributed by atoms with Crippen molar-refractivity contribution in [3.05, 3.63) is 42.0 Å². The highest BCUT2D eigenvalue weighted by molar-refractivity contribution is 5.63. The van der Waals surface area contributed by atoms with E-state index in [0.717, 1.165) is 6.42 Å². The molecule has 92 valence electrons. The number of allylic oxidation sites excluding steroid dienone is 1. The molecular weight excluding hydrogens is 192 g/mol. The lowest BCUT2D eigenvalue weighted by atomic mass is 10.0. The largest absolute Gasteiger partial charge is 0.0952 e. The van der Waals surface area contributed by atoms with Gasteiger partial charge in [0.2, 0.25) is 0 Å². The molecule has 16 heavy (non-hydrogen) atoms. The quantitative estimate of drug-likeness (QED) is 0.598. The maximum atomic E-state index is 4.04. The van der Waals surface area contributed by atoms with Crippen LogP contribution in [0.15, 0.2) is 30.8 Å². The van der Waals surface area contributed by atoms with E-state index >= 15 is 0 Å². The topological polar surface area (TPSA) is 0 Å². The van der Waals surface area contributed by atoms with Crippen molar-refractivity contribution in [3.63, 3.8) is 0 Å². The number of aryl methyl sites for hydroxylation is 1. The van der Waals surface area contributed by atoms with Crippen LogP contribution in [0.2, 0.25) is 0 Å². The molecule has 0 amide bonds. The van der Waals surface area contributed by atoms with Crippen molar-refractivity contribution < 1.29 is 0 Å². The highest BCUT2D eigenvalue weighted by Gasteiger charge is 1.95. The Hall–Kier alpha value is -1.04. The Morgan fingerprint density at radius 1 is 1.00 bits per heavy atom. The van der Waals surface area contributed by atoms with Gasteiger partial charge in [-0.25, -0.2) is 0 Å². The average Bonchev–Trinajstić information content (AvgIpc) is 2.35. The highest BCUT2D eigenvalue weighted by Crippen LogP contribution is 2.17. The van der Waals surface area contributed by atoms with Gasteiger partial charge in [0.1, 0.15) is 0 Å². The Bertz CT molecular complexity index is 254. The molecule has 0 aromatic heterocycles. The van der Waals surface area contributed by atoms with Gasteiger partial charge in [-0.1, -0.05) is 77.4 Å². The van der Waals surface area contributed by atoms with Gasteiger partial charge in [0.15, 0.2) is 0 Å². The first-order chi connectivity index (χ1) is 7.74. The minimum absolute atomic E-state index is 1.10. The number of hydrogen-bond acceptors (Lipinski definition) is 0. The molecular formula is C16H28. The molecule has 0 bridgehead atoms. The standard InChI is InChI=1S/C12H16.2C2H6/c1-4-5-11(3)12-8-6-10(2)7-9-12;2*1-2/h6-9H,3-5H2,1-2H3;2*1-2H3. The van der Waals surface area contributed by atoms with Crippen LogP contribution < -0.4 is 0 Å². The van der Waals surface area contributed by atoms with Gasteiger partial charge in [-0.2, -0.15) is 0 Å². The van der Waals surface area contributed by atoms with Crippen LogP contribution >= 0.6 is 0 Å². The molecule has 0 saturated carbocycles. The first-order valence-electron chi connectivity index (χ1n) is 6.49. The van der Waals surface area contributed by atoms with E-state index in [1.165, 1.54) is 23.1 Å². The Labute approximate surface area is 102 Å². The number of rotatable bonds is 3. The summed E-state index contributed by atoms with van der Waals surface area (Å²) in [6, 6.07) is 8.56. The second kappa shape index (κ2) is 12.0. The number of hydrogen-bond donors (Lipinski definition) is 0. The molecule has 0 aliphatic heterocycles. The molecule has 0 saturated heterocycles. The molecule has 0 aliphatic rings. The van der Waals surface area contributed by atoms with Crippen molar-refractivity contribution in [1.29, 1.82) is 0 Å². The van der Waals surface area contributed by atoms with Crippen molar-refractivity contribution in [2.75, 3.05) is 0 Å². The Morgan fingerprint density at radius 2 is 1.44 bits per heavy atom. The summed E-state index contributed by atoms with van der Waals surface area (Å²) in [6.45, 7) is 16.3. The second-order valence-corrected chi connectivity index (χ2v) is 3.22. The minimum Gasteiger partial charge on any atom is -0.0952 e.